The Morgan fingerprint density at radius 2 is 1.69 bits per heavy atom. The third-order valence-corrected chi connectivity index (χ3v) is 2.51. The SMILES string of the molecule is COc1cc(Cl)c(OC)c(C(C)O)c1OC. The minimum atomic E-state index is -0.766. The maximum absolute atomic E-state index is 9.72. The Kier molecular flexibility index (Phi) is 4.26. The molecule has 1 rings (SSSR count). The van der Waals surface area contributed by atoms with Crippen LogP contribution in [-0.2, 0) is 0 Å². The first-order valence-corrected chi connectivity index (χ1v) is 5.11. The molecule has 0 heterocycles. The van der Waals surface area contributed by atoms with E-state index in [0.717, 1.165) is 0 Å². The van der Waals surface area contributed by atoms with Crippen LogP contribution in [0.2, 0.25) is 5.02 Å². The third kappa shape index (κ3) is 2.18. The summed E-state index contributed by atoms with van der Waals surface area (Å²) in [4.78, 5) is 0. The Morgan fingerprint density at radius 1 is 1.12 bits per heavy atom. The summed E-state index contributed by atoms with van der Waals surface area (Å²) < 4.78 is 15.5. The number of hydrogen-bond acceptors (Lipinski definition) is 4. The van der Waals surface area contributed by atoms with Crippen molar-refractivity contribution in [3.8, 4) is 17.2 Å². The zero-order chi connectivity index (χ0) is 12.3. The van der Waals surface area contributed by atoms with Crippen LogP contribution in [0.25, 0.3) is 0 Å². The van der Waals surface area contributed by atoms with Gasteiger partial charge < -0.3 is 19.3 Å². The van der Waals surface area contributed by atoms with Crippen LogP contribution in [0.5, 0.6) is 17.2 Å². The molecule has 0 aliphatic rings. The maximum Gasteiger partial charge on any atom is 0.170 e. The number of benzene rings is 1. The molecule has 0 bridgehead atoms. The van der Waals surface area contributed by atoms with E-state index < -0.39 is 6.10 Å². The first-order valence-electron chi connectivity index (χ1n) is 4.73. The predicted molar refractivity (Wildman–Crippen MR) is 61.7 cm³/mol. The normalized spacial score (nSPS) is 12.1. The van der Waals surface area contributed by atoms with Gasteiger partial charge >= 0.3 is 0 Å². The lowest BCUT2D eigenvalue weighted by Gasteiger charge is -2.19. The molecule has 0 saturated heterocycles. The van der Waals surface area contributed by atoms with E-state index in [9.17, 15) is 5.11 Å². The second kappa shape index (κ2) is 5.27. The van der Waals surface area contributed by atoms with Gasteiger partial charge in [-0.05, 0) is 6.92 Å². The Bertz CT molecular complexity index is 377. The molecule has 1 atom stereocenters. The van der Waals surface area contributed by atoms with E-state index in [2.05, 4.69) is 0 Å². The topological polar surface area (TPSA) is 47.9 Å². The summed E-state index contributed by atoms with van der Waals surface area (Å²) >= 11 is 6.01. The molecule has 0 radical (unpaired) electrons. The molecular weight excluding hydrogens is 232 g/mol. The van der Waals surface area contributed by atoms with Crippen molar-refractivity contribution in [1.29, 1.82) is 0 Å². The van der Waals surface area contributed by atoms with Crippen LogP contribution < -0.4 is 14.2 Å². The lowest BCUT2D eigenvalue weighted by Crippen LogP contribution is -2.03. The summed E-state index contributed by atoms with van der Waals surface area (Å²) in [6.45, 7) is 1.61. The smallest absolute Gasteiger partial charge is 0.170 e. The van der Waals surface area contributed by atoms with Gasteiger partial charge in [0.1, 0.15) is 5.75 Å². The van der Waals surface area contributed by atoms with Gasteiger partial charge in [-0.15, -0.1) is 0 Å². The third-order valence-electron chi connectivity index (χ3n) is 2.23. The Hall–Kier alpha value is -1.13. The van der Waals surface area contributed by atoms with Gasteiger partial charge in [0.05, 0.1) is 38.0 Å². The summed E-state index contributed by atoms with van der Waals surface area (Å²) in [5, 5.41) is 10.1. The lowest BCUT2D eigenvalue weighted by molar-refractivity contribution is 0.187. The van der Waals surface area contributed by atoms with Crippen molar-refractivity contribution in [2.24, 2.45) is 0 Å². The minimum absolute atomic E-state index is 0.371. The van der Waals surface area contributed by atoms with E-state index in [1.54, 1.807) is 13.0 Å². The van der Waals surface area contributed by atoms with Crippen molar-refractivity contribution in [3.05, 3.63) is 16.7 Å². The molecule has 0 aliphatic heterocycles. The van der Waals surface area contributed by atoms with Gasteiger partial charge in [0.15, 0.2) is 11.5 Å². The van der Waals surface area contributed by atoms with Crippen molar-refractivity contribution >= 4 is 11.6 Å². The summed E-state index contributed by atoms with van der Waals surface area (Å²) in [7, 11) is 4.49. The molecule has 0 fully saturated rings. The highest BCUT2D eigenvalue weighted by Crippen LogP contribution is 2.45. The van der Waals surface area contributed by atoms with Crippen LogP contribution in [0.4, 0.5) is 0 Å². The summed E-state index contributed by atoms with van der Waals surface area (Å²) in [5.41, 5.74) is 0.481. The van der Waals surface area contributed by atoms with Crippen LogP contribution in [0.1, 0.15) is 18.6 Å². The molecule has 1 aromatic carbocycles. The highest BCUT2D eigenvalue weighted by atomic mass is 35.5. The Balaban J connectivity index is 3.53. The molecule has 0 amide bonds. The van der Waals surface area contributed by atoms with Crippen molar-refractivity contribution in [2.45, 2.75) is 13.0 Å². The van der Waals surface area contributed by atoms with Gasteiger partial charge in [0, 0.05) is 6.07 Å². The van der Waals surface area contributed by atoms with E-state index in [4.69, 9.17) is 25.8 Å². The zero-order valence-corrected chi connectivity index (χ0v) is 10.5. The van der Waals surface area contributed by atoms with Crippen molar-refractivity contribution < 1.29 is 19.3 Å². The van der Waals surface area contributed by atoms with Crippen molar-refractivity contribution in [3.63, 3.8) is 0 Å². The van der Waals surface area contributed by atoms with Crippen LogP contribution in [0.3, 0.4) is 0 Å². The summed E-state index contributed by atoms with van der Waals surface area (Å²) in [5.74, 6) is 1.29. The molecule has 1 unspecified atom stereocenters. The second-order valence-electron chi connectivity index (χ2n) is 3.22. The van der Waals surface area contributed by atoms with Gasteiger partial charge in [-0.1, -0.05) is 11.6 Å². The fourth-order valence-corrected chi connectivity index (χ4v) is 1.84. The zero-order valence-electron chi connectivity index (χ0n) is 9.70. The maximum atomic E-state index is 9.72. The second-order valence-corrected chi connectivity index (χ2v) is 3.62. The van der Waals surface area contributed by atoms with E-state index in [1.807, 2.05) is 0 Å². The highest BCUT2D eigenvalue weighted by Gasteiger charge is 2.22. The van der Waals surface area contributed by atoms with E-state index in [0.29, 0.717) is 27.8 Å². The molecule has 0 aromatic heterocycles. The van der Waals surface area contributed by atoms with Crippen LogP contribution in [-0.4, -0.2) is 26.4 Å². The minimum Gasteiger partial charge on any atom is -0.495 e. The quantitative estimate of drug-likeness (QED) is 0.886. The Labute approximate surface area is 99.7 Å². The van der Waals surface area contributed by atoms with Gasteiger partial charge in [-0.3, -0.25) is 0 Å². The number of methoxy groups -OCH3 is 3. The molecule has 90 valence electrons. The van der Waals surface area contributed by atoms with Gasteiger partial charge in [0.25, 0.3) is 0 Å². The lowest BCUT2D eigenvalue weighted by atomic mass is 10.1. The number of aliphatic hydroxyl groups is 1. The number of halogens is 1. The fourth-order valence-electron chi connectivity index (χ4n) is 1.56. The average Bonchev–Trinajstić information content (AvgIpc) is 2.27. The molecule has 16 heavy (non-hydrogen) atoms. The molecule has 0 spiro atoms. The first kappa shape index (κ1) is 12.9. The average molecular weight is 247 g/mol. The van der Waals surface area contributed by atoms with Crippen LogP contribution in [0, 0.1) is 0 Å². The number of aliphatic hydroxyl groups excluding tert-OH is 1. The fraction of sp³-hybridized carbons (Fsp3) is 0.455. The molecule has 1 N–H and O–H groups in total. The highest BCUT2D eigenvalue weighted by molar-refractivity contribution is 6.32. The standard InChI is InChI=1S/C11H15ClO4/c1-6(13)9-10(15-3)7(12)5-8(14-2)11(9)16-4/h5-6,13H,1-4H3. The summed E-state index contributed by atoms with van der Waals surface area (Å²) in [6, 6.07) is 1.59. The van der Waals surface area contributed by atoms with Crippen molar-refractivity contribution in [2.75, 3.05) is 21.3 Å². The molecule has 0 aliphatic carbocycles. The van der Waals surface area contributed by atoms with E-state index >= 15 is 0 Å². The molecule has 4 nitrogen and oxygen atoms in total. The monoisotopic (exact) mass is 246 g/mol. The van der Waals surface area contributed by atoms with Gasteiger partial charge in [0.2, 0.25) is 0 Å². The first-order chi connectivity index (χ1) is 7.56. The van der Waals surface area contributed by atoms with E-state index in [1.165, 1.54) is 21.3 Å². The van der Waals surface area contributed by atoms with Crippen LogP contribution >= 0.6 is 11.6 Å². The van der Waals surface area contributed by atoms with Crippen molar-refractivity contribution in [1.82, 2.24) is 0 Å². The Morgan fingerprint density at radius 3 is 2.06 bits per heavy atom. The molecule has 5 heteroatoms. The number of rotatable bonds is 4. The van der Waals surface area contributed by atoms with Gasteiger partial charge in [-0.25, -0.2) is 0 Å². The molecule has 1 aromatic rings. The van der Waals surface area contributed by atoms with E-state index in [-0.39, 0.29) is 0 Å². The predicted octanol–water partition coefficient (Wildman–Crippen LogP) is 2.42. The van der Waals surface area contributed by atoms with Crippen LogP contribution in [0.15, 0.2) is 6.07 Å². The largest absolute Gasteiger partial charge is 0.495 e. The van der Waals surface area contributed by atoms with Gasteiger partial charge in [-0.2, -0.15) is 0 Å². The number of hydrogen-bond donors (Lipinski definition) is 1. The molecule has 0 saturated carbocycles. The summed E-state index contributed by atoms with van der Waals surface area (Å²) in [6.07, 6.45) is -0.766. The number of ether oxygens (including phenoxy) is 3. The molecular formula is C11H15ClO4.